The van der Waals surface area contributed by atoms with Crippen LogP contribution in [-0.4, -0.2) is 0 Å². The van der Waals surface area contributed by atoms with Crippen molar-refractivity contribution in [2.24, 2.45) is 11.8 Å². The molecule has 0 spiro atoms. The quantitative estimate of drug-likeness (QED) is 0.657. The third kappa shape index (κ3) is 2.95. The molecule has 1 atom stereocenters. The van der Waals surface area contributed by atoms with Crippen LogP contribution in [0.3, 0.4) is 0 Å². The molecular weight excluding hydrogens is 263 g/mol. The fraction of sp³-hybridized carbons (Fsp3) is 0.400. The van der Waals surface area contributed by atoms with Gasteiger partial charge in [-0.1, -0.05) is 41.4 Å². The highest BCUT2D eigenvalue weighted by Gasteiger charge is 2.14. The van der Waals surface area contributed by atoms with Crippen molar-refractivity contribution in [3.05, 3.63) is 33.3 Å². The summed E-state index contributed by atoms with van der Waals surface area (Å²) in [5.41, 5.74) is 3.89. The predicted octanol–water partition coefficient (Wildman–Crippen LogP) is 3.26. The van der Waals surface area contributed by atoms with Crippen LogP contribution >= 0.6 is 27.5 Å². The maximum atomic E-state index is 5.96. The lowest BCUT2D eigenvalue weighted by Gasteiger charge is -2.20. The van der Waals surface area contributed by atoms with Gasteiger partial charge >= 0.3 is 0 Å². The molecule has 0 aromatic heterocycles. The Morgan fingerprint density at radius 1 is 1.36 bits per heavy atom. The third-order valence-corrected chi connectivity index (χ3v) is 2.77. The summed E-state index contributed by atoms with van der Waals surface area (Å²) in [5, 5.41) is 0.718. The Labute approximate surface area is 97.9 Å². The maximum Gasteiger partial charge on any atom is 0.0483 e. The summed E-state index contributed by atoms with van der Waals surface area (Å²) in [4.78, 5) is 0. The average molecular weight is 278 g/mol. The van der Waals surface area contributed by atoms with Crippen molar-refractivity contribution in [3.8, 4) is 0 Å². The van der Waals surface area contributed by atoms with Crippen LogP contribution in [0.25, 0.3) is 0 Å². The minimum Gasteiger partial charge on any atom is -0.271 e. The second-order valence-corrected chi connectivity index (χ2v) is 4.94. The lowest BCUT2D eigenvalue weighted by atomic mass is 9.97. The van der Waals surface area contributed by atoms with Gasteiger partial charge in [-0.25, -0.2) is 0 Å². The first-order valence-corrected chi connectivity index (χ1v) is 5.64. The molecule has 1 aromatic carbocycles. The Kier molecular flexibility index (Phi) is 4.38. The molecule has 0 aliphatic carbocycles. The Morgan fingerprint density at radius 2 is 2.00 bits per heavy atom. The Balaban J connectivity index is 3.04. The van der Waals surface area contributed by atoms with Crippen LogP contribution < -0.4 is 11.3 Å². The van der Waals surface area contributed by atoms with Crippen LogP contribution in [0.5, 0.6) is 0 Å². The van der Waals surface area contributed by atoms with Crippen LogP contribution in [0.1, 0.15) is 25.5 Å². The van der Waals surface area contributed by atoms with Crippen molar-refractivity contribution in [2.75, 3.05) is 0 Å². The second-order valence-electron chi connectivity index (χ2n) is 3.59. The van der Waals surface area contributed by atoms with Gasteiger partial charge in [0.05, 0.1) is 0 Å². The topological polar surface area (TPSA) is 38.0 Å². The van der Waals surface area contributed by atoms with E-state index in [1.165, 1.54) is 0 Å². The first kappa shape index (κ1) is 12.0. The summed E-state index contributed by atoms with van der Waals surface area (Å²) in [6.07, 6.45) is 0. The van der Waals surface area contributed by atoms with Gasteiger partial charge in [-0.15, -0.1) is 0 Å². The monoisotopic (exact) mass is 276 g/mol. The molecule has 0 radical (unpaired) electrons. The standard InChI is InChI=1S/C10H14BrClN2/c1-6(2)10(14-13)7-3-8(11)5-9(12)4-7/h3-6,10,14H,13H2,1-2H3. The van der Waals surface area contributed by atoms with E-state index in [1.54, 1.807) is 0 Å². The number of hydrazine groups is 1. The fourth-order valence-electron chi connectivity index (χ4n) is 1.43. The lowest BCUT2D eigenvalue weighted by Crippen LogP contribution is -2.31. The van der Waals surface area contributed by atoms with E-state index in [-0.39, 0.29) is 6.04 Å². The molecule has 1 rings (SSSR count). The predicted molar refractivity (Wildman–Crippen MR) is 64.1 cm³/mol. The van der Waals surface area contributed by atoms with Crippen molar-refractivity contribution in [2.45, 2.75) is 19.9 Å². The van der Waals surface area contributed by atoms with E-state index in [0.29, 0.717) is 5.92 Å². The lowest BCUT2D eigenvalue weighted by molar-refractivity contribution is 0.421. The summed E-state index contributed by atoms with van der Waals surface area (Å²) in [6, 6.07) is 5.94. The minimum absolute atomic E-state index is 0.130. The van der Waals surface area contributed by atoms with E-state index in [9.17, 15) is 0 Å². The highest BCUT2D eigenvalue weighted by molar-refractivity contribution is 9.10. The van der Waals surface area contributed by atoms with Crippen molar-refractivity contribution >= 4 is 27.5 Å². The van der Waals surface area contributed by atoms with Gasteiger partial charge in [0, 0.05) is 15.5 Å². The van der Waals surface area contributed by atoms with Crippen LogP contribution in [-0.2, 0) is 0 Å². The van der Waals surface area contributed by atoms with E-state index in [1.807, 2.05) is 18.2 Å². The molecule has 0 amide bonds. The SMILES string of the molecule is CC(C)C(NN)c1cc(Cl)cc(Br)c1. The summed E-state index contributed by atoms with van der Waals surface area (Å²) in [6.45, 7) is 4.22. The molecule has 1 aromatic rings. The van der Waals surface area contributed by atoms with Crippen LogP contribution in [0.2, 0.25) is 5.02 Å². The molecule has 14 heavy (non-hydrogen) atoms. The zero-order valence-electron chi connectivity index (χ0n) is 8.22. The van der Waals surface area contributed by atoms with E-state index < -0.39 is 0 Å². The van der Waals surface area contributed by atoms with Crippen molar-refractivity contribution in [1.29, 1.82) is 0 Å². The largest absolute Gasteiger partial charge is 0.271 e. The molecule has 0 aliphatic rings. The summed E-state index contributed by atoms with van der Waals surface area (Å²) >= 11 is 9.36. The molecule has 2 nitrogen and oxygen atoms in total. The van der Waals surface area contributed by atoms with Crippen LogP contribution in [0.4, 0.5) is 0 Å². The van der Waals surface area contributed by atoms with E-state index in [0.717, 1.165) is 15.1 Å². The van der Waals surface area contributed by atoms with Crippen molar-refractivity contribution < 1.29 is 0 Å². The number of halogens is 2. The number of rotatable bonds is 3. The zero-order valence-corrected chi connectivity index (χ0v) is 10.6. The maximum absolute atomic E-state index is 5.96. The molecule has 1 unspecified atom stereocenters. The molecule has 78 valence electrons. The summed E-state index contributed by atoms with van der Waals surface area (Å²) < 4.78 is 0.973. The Hall–Kier alpha value is -0.0900. The average Bonchev–Trinajstić information content (AvgIpc) is 2.02. The molecule has 0 bridgehead atoms. The molecule has 0 heterocycles. The van der Waals surface area contributed by atoms with Gasteiger partial charge in [0.2, 0.25) is 0 Å². The fourth-order valence-corrected chi connectivity index (χ4v) is 2.31. The molecular formula is C10H14BrClN2. The smallest absolute Gasteiger partial charge is 0.0483 e. The molecule has 0 saturated heterocycles. The van der Waals surface area contributed by atoms with Gasteiger partial charge in [-0.2, -0.15) is 0 Å². The molecule has 4 heteroatoms. The van der Waals surface area contributed by atoms with Crippen molar-refractivity contribution in [1.82, 2.24) is 5.43 Å². The van der Waals surface area contributed by atoms with Gasteiger partial charge in [-0.05, 0) is 29.7 Å². The first-order valence-electron chi connectivity index (χ1n) is 4.46. The molecule has 3 N–H and O–H groups in total. The number of nitrogens with two attached hydrogens (primary N) is 1. The van der Waals surface area contributed by atoms with E-state index >= 15 is 0 Å². The van der Waals surface area contributed by atoms with Crippen LogP contribution in [0.15, 0.2) is 22.7 Å². The highest BCUT2D eigenvalue weighted by atomic mass is 79.9. The van der Waals surface area contributed by atoms with E-state index in [4.69, 9.17) is 17.4 Å². The number of benzene rings is 1. The summed E-state index contributed by atoms with van der Waals surface area (Å²) in [7, 11) is 0. The zero-order chi connectivity index (χ0) is 10.7. The van der Waals surface area contributed by atoms with Gasteiger partial charge in [0.25, 0.3) is 0 Å². The highest BCUT2D eigenvalue weighted by Crippen LogP contribution is 2.27. The van der Waals surface area contributed by atoms with Crippen LogP contribution in [0, 0.1) is 5.92 Å². The number of hydrogen-bond donors (Lipinski definition) is 2. The van der Waals surface area contributed by atoms with Gasteiger partial charge in [0.15, 0.2) is 0 Å². The van der Waals surface area contributed by atoms with Gasteiger partial charge in [0.1, 0.15) is 0 Å². The Bertz CT molecular complexity index is 295. The van der Waals surface area contributed by atoms with Gasteiger partial charge < -0.3 is 0 Å². The second kappa shape index (κ2) is 5.12. The molecule has 0 fully saturated rings. The minimum atomic E-state index is 0.130. The molecule has 0 saturated carbocycles. The van der Waals surface area contributed by atoms with Crippen molar-refractivity contribution in [3.63, 3.8) is 0 Å². The number of nitrogens with one attached hydrogen (secondary N) is 1. The summed E-state index contributed by atoms with van der Waals surface area (Å²) in [5.74, 6) is 5.92. The Morgan fingerprint density at radius 3 is 2.43 bits per heavy atom. The van der Waals surface area contributed by atoms with Gasteiger partial charge in [-0.3, -0.25) is 11.3 Å². The third-order valence-electron chi connectivity index (χ3n) is 2.09. The first-order chi connectivity index (χ1) is 6.54. The normalized spacial score (nSPS) is 13.3. The van der Waals surface area contributed by atoms with E-state index in [2.05, 4.69) is 35.2 Å². The number of hydrogen-bond acceptors (Lipinski definition) is 2. The molecule has 0 aliphatic heterocycles.